The van der Waals surface area contributed by atoms with Crippen molar-refractivity contribution in [2.24, 2.45) is 0 Å². The number of aromatic nitrogens is 3. The minimum Gasteiger partial charge on any atom is -0.472 e. The SMILES string of the molecule is COCc1nccc(N2CCC(Oc3ccc(C)cn3)C2)n1. The van der Waals surface area contributed by atoms with Gasteiger partial charge in [0.05, 0.1) is 6.54 Å². The van der Waals surface area contributed by atoms with Gasteiger partial charge >= 0.3 is 0 Å². The summed E-state index contributed by atoms with van der Waals surface area (Å²) in [5.41, 5.74) is 1.13. The van der Waals surface area contributed by atoms with E-state index < -0.39 is 0 Å². The van der Waals surface area contributed by atoms with Gasteiger partial charge in [0.15, 0.2) is 5.82 Å². The lowest BCUT2D eigenvalue weighted by Gasteiger charge is -2.18. The molecule has 2 aromatic rings. The summed E-state index contributed by atoms with van der Waals surface area (Å²) in [6, 6.07) is 5.85. The molecule has 3 rings (SSSR count). The first-order valence-corrected chi connectivity index (χ1v) is 7.40. The van der Waals surface area contributed by atoms with Crippen LogP contribution in [0.1, 0.15) is 17.8 Å². The first-order valence-electron chi connectivity index (χ1n) is 7.40. The van der Waals surface area contributed by atoms with Crippen LogP contribution in [0.5, 0.6) is 5.88 Å². The van der Waals surface area contributed by atoms with Crippen LogP contribution < -0.4 is 9.64 Å². The summed E-state index contributed by atoms with van der Waals surface area (Å²) < 4.78 is 11.0. The number of methoxy groups -OCH3 is 1. The van der Waals surface area contributed by atoms with E-state index in [9.17, 15) is 0 Å². The fraction of sp³-hybridized carbons (Fsp3) is 0.438. The average molecular weight is 300 g/mol. The van der Waals surface area contributed by atoms with E-state index in [1.807, 2.05) is 31.3 Å². The Morgan fingerprint density at radius 3 is 2.95 bits per heavy atom. The normalized spacial score (nSPS) is 17.7. The standard InChI is InChI=1S/C16H20N4O2/c1-12-3-4-16(18-9-12)22-13-6-8-20(10-13)15-5-7-17-14(19-15)11-21-2/h3-5,7,9,13H,6,8,10-11H2,1-2H3. The molecule has 0 amide bonds. The van der Waals surface area contributed by atoms with Crippen LogP contribution in [0.3, 0.4) is 0 Å². The highest BCUT2D eigenvalue weighted by Gasteiger charge is 2.25. The molecule has 0 radical (unpaired) electrons. The maximum absolute atomic E-state index is 5.94. The van der Waals surface area contributed by atoms with E-state index in [2.05, 4.69) is 19.9 Å². The largest absolute Gasteiger partial charge is 0.472 e. The monoisotopic (exact) mass is 300 g/mol. The summed E-state index contributed by atoms with van der Waals surface area (Å²) in [5, 5.41) is 0. The Morgan fingerprint density at radius 1 is 1.27 bits per heavy atom. The average Bonchev–Trinajstić information content (AvgIpc) is 2.99. The van der Waals surface area contributed by atoms with Gasteiger partial charge in [-0.2, -0.15) is 0 Å². The fourth-order valence-electron chi connectivity index (χ4n) is 2.49. The molecular formula is C16H20N4O2. The molecule has 6 heteroatoms. The van der Waals surface area contributed by atoms with E-state index in [1.54, 1.807) is 13.3 Å². The van der Waals surface area contributed by atoms with E-state index >= 15 is 0 Å². The predicted octanol–water partition coefficient (Wildman–Crippen LogP) is 1.98. The Morgan fingerprint density at radius 2 is 2.18 bits per heavy atom. The van der Waals surface area contributed by atoms with E-state index in [-0.39, 0.29) is 6.10 Å². The quantitative estimate of drug-likeness (QED) is 0.841. The molecule has 0 N–H and O–H groups in total. The predicted molar refractivity (Wildman–Crippen MR) is 83.0 cm³/mol. The smallest absolute Gasteiger partial charge is 0.213 e. The number of rotatable bonds is 5. The maximum atomic E-state index is 5.94. The minimum absolute atomic E-state index is 0.135. The lowest BCUT2D eigenvalue weighted by Crippen LogP contribution is -2.25. The summed E-state index contributed by atoms with van der Waals surface area (Å²) in [5.74, 6) is 2.30. The van der Waals surface area contributed by atoms with Crippen molar-refractivity contribution in [1.29, 1.82) is 0 Å². The summed E-state index contributed by atoms with van der Waals surface area (Å²) in [6.07, 6.45) is 4.69. The summed E-state index contributed by atoms with van der Waals surface area (Å²) >= 11 is 0. The van der Waals surface area contributed by atoms with Gasteiger partial charge < -0.3 is 14.4 Å². The third-order valence-corrected chi connectivity index (χ3v) is 3.60. The molecule has 116 valence electrons. The molecule has 0 aliphatic carbocycles. The van der Waals surface area contributed by atoms with Gasteiger partial charge in [-0.25, -0.2) is 15.0 Å². The Kier molecular flexibility index (Phi) is 4.48. The molecule has 1 fully saturated rings. The third kappa shape index (κ3) is 3.51. The molecule has 0 aromatic carbocycles. The van der Waals surface area contributed by atoms with Crippen LogP contribution in [0.2, 0.25) is 0 Å². The lowest BCUT2D eigenvalue weighted by molar-refractivity contribution is 0.178. The number of aryl methyl sites for hydroxylation is 1. The highest BCUT2D eigenvalue weighted by atomic mass is 16.5. The van der Waals surface area contributed by atoms with Crippen molar-refractivity contribution in [3.8, 4) is 5.88 Å². The van der Waals surface area contributed by atoms with Crippen LogP contribution in [0.15, 0.2) is 30.6 Å². The number of nitrogens with zero attached hydrogens (tertiary/aromatic N) is 4. The molecular weight excluding hydrogens is 280 g/mol. The van der Waals surface area contributed by atoms with Crippen molar-refractivity contribution in [2.45, 2.75) is 26.1 Å². The van der Waals surface area contributed by atoms with Crippen LogP contribution in [0.25, 0.3) is 0 Å². The second kappa shape index (κ2) is 6.70. The highest BCUT2D eigenvalue weighted by Crippen LogP contribution is 2.21. The van der Waals surface area contributed by atoms with Crippen molar-refractivity contribution in [2.75, 3.05) is 25.1 Å². The van der Waals surface area contributed by atoms with Gasteiger partial charge in [-0.1, -0.05) is 6.07 Å². The summed E-state index contributed by atoms with van der Waals surface area (Å²) in [6.45, 7) is 4.16. The topological polar surface area (TPSA) is 60.4 Å². The van der Waals surface area contributed by atoms with Crippen LogP contribution >= 0.6 is 0 Å². The number of hydrogen-bond donors (Lipinski definition) is 0. The zero-order chi connectivity index (χ0) is 15.4. The third-order valence-electron chi connectivity index (χ3n) is 3.60. The molecule has 1 saturated heterocycles. The van der Waals surface area contributed by atoms with Gasteiger partial charge in [0.2, 0.25) is 5.88 Å². The molecule has 0 bridgehead atoms. The Bertz CT molecular complexity index is 618. The van der Waals surface area contributed by atoms with Gasteiger partial charge in [0.25, 0.3) is 0 Å². The summed E-state index contributed by atoms with van der Waals surface area (Å²) in [7, 11) is 1.64. The Hall–Kier alpha value is -2.21. The van der Waals surface area contributed by atoms with E-state index in [1.165, 1.54) is 0 Å². The molecule has 22 heavy (non-hydrogen) atoms. The van der Waals surface area contributed by atoms with Crippen LogP contribution in [0, 0.1) is 6.92 Å². The maximum Gasteiger partial charge on any atom is 0.213 e. The van der Waals surface area contributed by atoms with Crippen molar-refractivity contribution in [3.63, 3.8) is 0 Å². The highest BCUT2D eigenvalue weighted by molar-refractivity contribution is 5.39. The van der Waals surface area contributed by atoms with Crippen LogP contribution in [-0.2, 0) is 11.3 Å². The van der Waals surface area contributed by atoms with Crippen LogP contribution in [0.4, 0.5) is 5.82 Å². The van der Waals surface area contributed by atoms with Crippen molar-refractivity contribution >= 4 is 5.82 Å². The van der Waals surface area contributed by atoms with Gasteiger partial charge in [0, 0.05) is 38.5 Å². The van der Waals surface area contributed by atoms with E-state index in [0.717, 1.165) is 30.9 Å². The molecule has 1 unspecified atom stereocenters. The minimum atomic E-state index is 0.135. The second-order valence-electron chi connectivity index (χ2n) is 5.41. The van der Waals surface area contributed by atoms with Crippen molar-refractivity contribution in [1.82, 2.24) is 15.0 Å². The molecule has 2 aromatic heterocycles. The summed E-state index contributed by atoms with van der Waals surface area (Å²) in [4.78, 5) is 15.2. The number of pyridine rings is 1. The van der Waals surface area contributed by atoms with Crippen LogP contribution in [-0.4, -0.2) is 41.3 Å². The Labute approximate surface area is 130 Å². The number of hydrogen-bond acceptors (Lipinski definition) is 6. The number of anilines is 1. The Balaban J connectivity index is 1.62. The molecule has 1 aliphatic heterocycles. The lowest BCUT2D eigenvalue weighted by atomic mass is 10.3. The molecule has 1 aliphatic rings. The molecule has 0 saturated carbocycles. The van der Waals surface area contributed by atoms with E-state index in [0.29, 0.717) is 18.3 Å². The molecule has 6 nitrogen and oxygen atoms in total. The van der Waals surface area contributed by atoms with E-state index in [4.69, 9.17) is 9.47 Å². The zero-order valence-corrected chi connectivity index (χ0v) is 12.9. The van der Waals surface area contributed by atoms with Gasteiger partial charge in [-0.15, -0.1) is 0 Å². The first kappa shape index (κ1) is 14.7. The second-order valence-corrected chi connectivity index (χ2v) is 5.41. The zero-order valence-electron chi connectivity index (χ0n) is 12.9. The first-order chi connectivity index (χ1) is 10.7. The fourth-order valence-corrected chi connectivity index (χ4v) is 2.49. The van der Waals surface area contributed by atoms with Crippen molar-refractivity contribution in [3.05, 3.63) is 42.0 Å². The molecule has 3 heterocycles. The van der Waals surface area contributed by atoms with Gasteiger partial charge in [0.1, 0.15) is 18.5 Å². The van der Waals surface area contributed by atoms with Crippen molar-refractivity contribution < 1.29 is 9.47 Å². The van der Waals surface area contributed by atoms with Gasteiger partial charge in [-0.3, -0.25) is 0 Å². The molecule has 1 atom stereocenters. The van der Waals surface area contributed by atoms with Gasteiger partial charge in [-0.05, 0) is 18.6 Å². The number of ether oxygens (including phenoxy) is 2. The molecule has 0 spiro atoms.